The van der Waals surface area contributed by atoms with Crippen molar-refractivity contribution in [2.24, 2.45) is 5.10 Å². The van der Waals surface area contributed by atoms with Gasteiger partial charge in [-0.05, 0) is 0 Å². The minimum atomic E-state index is -0.696. The Kier molecular flexibility index (Phi) is 4.86. The summed E-state index contributed by atoms with van der Waals surface area (Å²) in [5.74, 6) is -1.36. The summed E-state index contributed by atoms with van der Waals surface area (Å²) in [6.07, 6.45) is 1.93. The second-order valence-electron chi connectivity index (χ2n) is 3.26. The molecule has 7 nitrogen and oxygen atoms in total. The third-order valence-corrected chi connectivity index (χ3v) is 1.92. The van der Waals surface area contributed by atoms with Gasteiger partial charge in [-0.25, -0.2) is 10.2 Å². The number of rotatable bonds is 5. The predicted octanol–water partition coefficient (Wildman–Crippen LogP) is -0.902. The molecule has 0 aromatic rings. The summed E-state index contributed by atoms with van der Waals surface area (Å²) in [7, 11) is 0. The zero-order valence-electron chi connectivity index (χ0n) is 9.19. The Morgan fingerprint density at radius 3 is 2.88 bits per heavy atom. The summed E-state index contributed by atoms with van der Waals surface area (Å²) in [5.41, 5.74) is 2.28. The fourth-order valence-electron chi connectivity index (χ4n) is 1.07. The van der Waals surface area contributed by atoms with Crippen LogP contribution in [0.4, 0.5) is 0 Å². The van der Waals surface area contributed by atoms with Gasteiger partial charge in [-0.1, -0.05) is 6.08 Å². The van der Waals surface area contributed by atoms with E-state index in [-0.39, 0.29) is 31.1 Å². The number of carbonyl (C=O) groups is 3. The van der Waals surface area contributed by atoms with Gasteiger partial charge in [-0.2, -0.15) is 5.10 Å². The van der Waals surface area contributed by atoms with Gasteiger partial charge in [0.2, 0.25) is 5.91 Å². The van der Waals surface area contributed by atoms with Crippen molar-refractivity contribution in [2.45, 2.75) is 12.8 Å². The van der Waals surface area contributed by atoms with E-state index >= 15 is 0 Å². The minimum Gasteiger partial charge on any atom is -0.451 e. The highest BCUT2D eigenvalue weighted by atomic mass is 16.5. The molecule has 1 heterocycles. The highest BCUT2D eigenvalue weighted by molar-refractivity contribution is 6.37. The third-order valence-electron chi connectivity index (χ3n) is 1.92. The van der Waals surface area contributed by atoms with Crippen molar-refractivity contribution in [1.29, 1.82) is 0 Å². The largest absolute Gasteiger partial charge is 0.451 e. The molecule has 1 rings (SSSR count). The van der Waals surface area contributed by atoms with E-state index in [1.807, 2.05) is 0 Å². The number of nitrogens with one attached hydrogen (secondary N) is 2. The van der Waals surface area contributed by atoms with Crippen molar-refractivity contribution in [2.75, 3.05) is 13.2 Å². The smallest absolute Gasteiger partial charge is 0.355 e. The van der Waals surface area contributed by atoms with Crippen LogP contribution in [-0.2, 0) is 19.1 Å². The molecule has 0 atom stereocenters. The molecule has 0 saturated heterocycles. The molecule has 1 aliphatic rings. The average molecular weight is 239 g/mol. The van der Waals surface area contributed by atoms with Crippen molar-refractivity contribution in [3.8, 4) is 0 Å². The summed E-state index contributed by atoms with van der Waals surface area (Å²) in [6.45, 7) is 3.36. The molecule has 0 aromatic heterocycles. The van der Waals surface area contributed by atoms with Crippen LogP contribution >= 0.6 is 0 Å². The SMILES string of the molecule is C=CCNC(=O)COC(=O)C1=NNC(=O)CC1. The van der Waals surface area contributed by atoms with Gasteiger partial charge < -0.3 is 10.1 Å². The number of ether oxygens (including phenoxy) is 1. The van der Waals surface area contributed by atoms with E-state index in [9.17, 15) is 14.4 Å². The van der Waals surface area contributed by atoms with Crippen LogP contribution in [0.25, 0.3) is 0 Å². The number of carbonyl (C=O) groups excluding carboxylic acids is 3. The molecular weight excluding hydrogens is 226 g/mol. The van der Waals surface area contributed by atoms with Crippen molar-refractivity contribution in [3.05, 3.63) is 12.7 Å². The summed E-state index contributed by atoms with van der Waals surface area (Å²) in [6, 6.07) is 0. The molecule has 0 aliphatic carbocycles. The van der Waals surface area contributed by atoms with Gasteiger partial charge in [0.15, 0.2) is 6.61 Å². The molecule has 0 fully saturated rings. The maximum atomic E-state index is 11.4. The van der Waals surface area contributed by atoms with Crippen molar-refractivity contribution < 1.29 is 19.1 Å². The lowest BCUT2D eigenvalue weighted by Crippen LogP contribution is -2.33. The first-order valence-electron chi connectivity index (χ1n) is 5.03. The summed E-state index contributed by atoms with van der Waals surface area (Å²) < 4.78 is 4.71. The van der Waals surface area contributed by atoms with Gasteiger partial charge in [-0.15, -0.1) is 6.58 Å². The fraction of sp³-hybridized carbons (Fsp3) is 0.400. The quantitative estimate of drug-likeness (QED) is 0.480. The van der Waals surface area contributed by atoms with Crippen LogP contribution < -0.4 is 10.7 Å². The number of hydrazone groups is 1. The molecule has 7 heteroatoms. The molecule has 0 bridgehead atoms. The number of hydrogen-bond donors (Lipinski definition) is 2. The molecule has 17 heavy (non-hydrogen) atoms. The minimum absolute atomic E-state index is 0.112. The molecule has 2 amide bonds. The Labute approximate surface area is 97.9 Å². The van der Waals surface area contributed by atoms with Crippen LogP contribution in [0.15, 0.2) is 17.8 Å². The van der Waals surface area contributed by atoms with E-state index in [2.05, 4.69) is 22.4 Å². The first-order chi connectivity index (χ1) is 8.13. The third kappa shape index (κ3) is 4.45. The lowest BCUT2D eigenvalue weighted by atomic mass is 10.2. The Balaban J connectivity index is 2.32. The number of hydrogen-bond acceptors (Lipinski definition) is 5. The molecule has 92 valence electrons. The lowest BCUT2D eigenvalue weighted by molar-refractivity contribution is -0.142. The monoisotopic (exact) mass is 239 g/mol. The second-order valence-corrected chi connectivity index (χ2v) is 3.26. The van der Waals surface area contributed by atoms with Gasteiger partial charge in [0.1, 0.15) is 5.71 Å². The number of nitrogens with zero attached hydrogens (tertiary/aromatic N) is 1. The van der Waals surface area contributed by atoms with Gasteiger partial charge in [-0.3, -0.25) is 9.59 Å². The van der Waals surface area contributed by atoms with Gasteiger partial charge in [0.05, 0.1) is 0 Å². The van der Waals surface area contributed by atoms with E-state index < -0.39 is 11.9 Å². The van der Waals surface area contributed by atoms with E-state index in [0.29, 0.717) is 6.54 Å². The van der Waals surface area contributed by atoms with E-state index in [0.717, 1.165) is 0 Å². The Hall–Kier alpha value is -2.18. The highest BCUT2D eigenvalue weighted by Gasteiger charge is 2.20. The van der Waals surface area contributed by atoms with Crippen molar-refractivity contribution in [1.82, 2.24) is 10.7 Å². The van der Waals surface area contributed by atoms with Gasteiger partial charge in [0, 0.05) is 19.4 Å². The predicted molar refractivity (Wildman–Crippen MR) is 59.0 cm³/mol. The second kappa shape index (κ2) is 6.41. The molecule has 0 radical (unpaired) electrons. The summed E-state index contributed by atoms with van der Waals surface area (Å²) in [5, 5.41) is 6.00. The molecule has 0 spiro atoms. The molecular formula is C10H13N3O4. The molecule has 0 saturated carbocycles. The first kappa shape index (κ1) is 12.9. The summed E-state index contributed by atoms with van der Waals surface area (Å²) >= 11 is 0. The first-order valence-corrected chi connectivity index (χ1v) is 5.03. The average Bonchev–Trinajstić information content (AvgIpc) is 2.34. The Morgan fingerprint density at radius 2 is 2.29 bits per heavy atom. The van der Waals surface area contributed by atoms with Crippen molar-refractivity contribution in [3.63, 3.8) is 0 Å². The van der Waals surface area contributed by atoms with Crippen LogP contribution in [0.2, 0.25) is 0 Å². The fourth-order valence-corrected chi connectivity index (χ4v) is 1.07. The number of esters is 1. The summed E-state index contributed by atoms with van der Waals surface area (Å²) in [4.78, 5) is 33.2. The lowest BCUT2D eigenvalue weighted by Gasteiger charge is -2.11. The van der Waals surface area contributed by atoms with Crippen LogP contribution in [0.1, 0.15) is 12.8 Å². The van der Waals surface area contributed by atoms with Crippen molar-refractivity contribution >= 4 is 23.5 Å². The van der Waals surface area contributed by atoms with E-state index in [1.165, 1.54) is 6.08 Å². The van der Waals surface area contributed by atoms with Crippen LogP contribution in [0.3, 0.4) is 0 Å². The maximum absolute atomic E-state index is 11.4. The van der Waals surface area contributed by atoms with Crippen LogP contribution in [0.5, 0.6) is 0 Å². The normalized spacial score (nSPS) is 14.4. The molecule has 0 unspecified atom stereocenters. The zero-order chi connectivity index (χ0) is 12.7. The number of amides is 2. The van der Waals surface area contributed by atoms with Gasteiger partial charge in [0.25, 0.3) is 5.91 Å². The Morgan fingerprint density at radius 1 is 1.53 bits per heavy atom. The standard InChI is InChI=1S/C10H13N3O4/c1-2-5-11-9(15)6-17-10(16)7-3-4-8(14)13-12-7/h2H,1,3-6H2,(H,11,15)(H,13,14). The molecule has 2 N–H and O–H groups in total. The Bertz CT molecular complexity index is 376. The highest BCUT2D eigenvalue weighted by Crippen LogP contribution is 2.01. The topological polar surface area (TPSA) is 96.9 Å². The maximum Gasteiger partial charge on any atom is 0.355 e. The van der Waals surface area contributed by atoms with E-state index in [4.69, 9.17) is 4.74 Å². The zero-order valence-corrected chi connectivity index (χ0v) is 9.19. The molecule has 0 aromatic carbocycles. The van der Waals surface area contributed by atoms with Gasteiger partial charge >= 0.3 is 5.97 Å². The van der Waals surface area contributed by atoms with Crippen LogP contribution in [-0.4, -0.2) is 36.6 Å². The van der Waals surface area contributed by atoms with Crippen LogP contribution in [0, 0.1) is 0 Å². The molecule has 1 aliphatic heterocycles. The van der Waals surface area contributed by atoms with E-state index in [1.54, 1.807) is 0 Å².